The van der Waals surface area contributed by atoms with Crippen molar-refractivity contribution < 1.29 is 4.74 Å². The summed E-state index contributed by atoms with van der Waals surface area (Å²) in [5.74, 6) is 0.858. The summed E-state index contributed by atoms with van der Waals surface area (Å²) >= 11 is 0. The van der Waals surface area contributed by atoms with Gasteiger partial charge in [0.25, 0.3) is 0 Å². The van der Waals surface area contributed by atoms with Gasteiger partial charge in [-0.2, -0.15) is 0 Å². The summed E-state index contributed by atoms with van der Waals surface area (Å²) in [7, 11) is 1.66. The maximum atomic E-state index is 5.19. The van der Waals surface area contributed by atoms with Crippen molar-refractivity contribution in [3.05, 3.63) is 47.8 Å². The van der Waals surface area contributed by atoms with Crippen molar-refractivity contribution in [1.29, 1.82) is 0 Å². The third-order valence-electron chi connectivity index (χ3n) is 1.83. The van der Waals surface area contributed by atoms with E-state index in [1.807, 2.05) is 66.7 Å². The zero-order chi connectivity index (χ0) is 14.3. The molecule has 0 aliphatic carbocycles. The van der Waals surface area contributed by atoms with Crippen molar-refractivity contribution in [3.63, 3.8) is 0 Å². The second kappa shape index (κ2) is 17.2. The van der Waals surface area contributed by atoms with Crippen LogP contribution in [0.2, 0.25) is 0 Å². The molecule has 0 fully saturated rings. The Morgan fingerprint density at radius 1 is 1.00 bits per heavy atom. The fraction of sp³-hybridized carbons (Fsp3) is 0.500. The van der Waals surface area contributed by atoms with E-state index in [-0.39, 0.29) is 0 Å². The Morgan fingerprint density at radius 3 is 1.71 bits per heavy atom. The monoisotopic (exact) mass is 238 g/mol. The molecule has 0 heterocycles. The van der Waals surface area contributed by atoms with Crippen molar-refractivity contribution in [2.45, 2.75) is 48.5 Å². The Kier molecular flexibility index (Phi) is 21.3. The first-order valence-electron chi connectivity index (χ1n) is 6.37. The smallest absolute Gasteiger partial charge is 0.121 e. The lowest BCUT2D eigenvalue weighted by Crippen LogP contribution is -1.89. The fourth-order valence-corrected chi connectivity index (χ4v) is 0.962. The highest BCUT2D eigenvalue weighted by Crippen LogP contribution is 2.14. The predicted octanol–water partition coefficient (Wildman–Crippen LogP) is 5.67. The van der Waals surface area contributed by atoms with Crippen LogP contribution in [0, 0.1) is 0 Å². The Bertz CT molecular complexity index is 255. The molecule has 0 saturated carbocycles. The van der Waals surface area contributed by atoms with Crippen LogP contribution in [0.4, 0.5) is 0 Å². The average Bonchev–Trinajstić information content (AvgIpc) is 2.43. The molecular weight excluding hydrogens is 208 g/mol. The maximum absolute atomic E-state index is 5.19. The molecule has 0 spiro atoms. The highest BCUT2D eigenvalue weighted by molar-refractivity contribution is 5.39. The van der Waals surface area contributed by atoms with Crippen LogP contribution in [-0.2, 0) is 4.74 Å². The molecule has 0 unspecified atom stereocenters. The Hall–Kier alpha value is -1.24. The maximum Gasteiger partial charge on any atom is 0.121 e. The molecule has 0 rings (SSSR count). The fourth-order valence-electron chi connectivity index (χ4n) is 0.962. The topological polar surface area (TPSA) is 9.23 Å². The van der Waals surface area contributed by atoms with Crippen molar-refractivity contribution in [2.75, 3.05) is 7.11 Å². The third kappa shape index (κ3) is 11.0. The van der Waals surface area contributed by atoms with Crippen LogP contribution in [0.15, 0.2) is 47.8 Å². The van der Waals surface area contributed by atoms with Crippen LogP contribution >= 0.6 is 0 Å². The first kappa shape index (κ1) is 21.1. The van der Waals surface area contributed by atoms with Gasteiger partial charge in [-0.25, -0.2) is 0 Å². The minimum absolute atomic E-state index is 0.858. The molecule has 1 nitrogen and oxygen atoms in total. The van der Waals surface area contributed by atoms with Crippen LogP contribution in [0.3, 0.4) is 0 Å². The molecule has 0 saturated heterocycles. The van der Waals surface area contributed by atoms with E-state index in [0.29, 0.717) is 0 Å². The lowest BCUT2D eigenvalue weighted by atomic mass is 10.1. The molecule has 100 valence electrons. The first-order chi connectivity index (χ1) is 8.19. The molecule has 0 aliphatic rings. The number of methoxy groups -OCH3 is 1. The normalized spacial score (nSPS) is 11.6. The second-order valence-corrected chi connectivity index (χ2v) is 2.69. The Balaban J connectivity index is -0.000000439. The number of allylic oxidation sites excluding steroid dienone is 5. The second-order valence-electron chi connectivity index (χ2n) is 2.69. The van der Waals surface area contributed by atoms with Crippen molar-refractivity contribution >= 4 is 0 Å². The van der Waals surface area contributed by atoms with Gasteiger partial charge < -0.3 is 4.74 Å². The number of ether oxygens (including phenoxy) is 1. The first-order valence-corrected chi connectivity index (χ1v) is 6.37. The van der Waals surface area contributed by atoms with Crippen LogP contribution in [0.1, 0.15) is 48.5 Å². The molecular formula is C16H30O. The van der Waals surface area contributed by atoms with E-state index in [1.165, 1.54) is 5.57 Å². The van der Waals surface area contributed by atoms with Crippen molar-refractivity contribution in [3.8, 4) is 0 Å². The Labute approximate surface area is 109 Å². The van der Waals surface area contributed by atoms with E-state index in [2.05, 4.69) is 6.58 Å². The van der Waals surface area contributed by atoms with Gasteiger partial charge in [-0.15, -0.1) is 0 Å². The van der Waals surface area contributed by atoms with E-state index in [4.69, 9.17) is 4.74 Å². The highest BCUT2D eigenvalue weighted by atomic mass is 16.5. The molecule has 0 aliphatic heterocycles. The van der Waals surface area contributed by atoms with Gasteiger partial charge in [0.05, 0.1) is 7.11 Å². The van der Waals surface area contributed by atoms with Crippen LogP contribution < -0.4 is 0 Å². The summed E-state index contributed by atoms with van der Waals surface area (Å²) in [4.78, 5) is 0. The zero-order valence-corrected chi connectivity index (χ0v) is 12.9. The molecule has 0 aromatic carbocycles. The number of hydrogen-bond acceptors (Lipinski definition) is 1. The molecule has 0 aromatic heterocycles. The van der Waals surface area contributed by atoms with Gasteiger partial charge in [0.2, 0.25) is 0 Å². The van der Waals surface area contributed by atoms with E-state index in [1.54, 1.807) is 13.2 Å². The molecule has 0 amide bonds. The SMILES string of the molecule is C=CC(=C/C(C)=C\C)/C(=C\C)OC.CC.CC. The average molecular weight is 238 g/mol. The minimum Gasteiger partial charge on any atom is -0.496 e. The quantitative estimate of drug-likeness (QED) is 0.453. The van der Waals surface area contributed by atoms with Gasteiger partial charge in [-0.1, -0.05) is 52.0 Å². The third-order valence-corrected chi connectivity index (χ3v) is 1.83. The molecule has 0 radical (unpaired) electrons. The van der Waals surface area contributed by atoms with E-state index in [9.17, 15) is 0 Å². The summed E-state index contributed by atoms with van der Waals surface area (Å²) in [6.45, 7) is 17.8. The Morgan fingerprint density at radius 2 is 1.47 bits per heavy atom. The van der Waals surface area contributed by atoms with E-state index >= 15 is 0 Å². The molecule has 0 bridgehead atoms. The standard InChI is InChI=1S/C12H18O.2C2H6/c1-6-10(4)9-11(7-2)12(8-3)13-5;2*1-2/h6-9H,2H2,1,3-5H3;2*1-2H3/b10-6-,11-9-,12-8+;;. The summed E-state index contributed by atoms with van der Waals surface area (Å²) in [6, 6.07) is 0. The van der Waals surface area contributed by atoms with Crippen LogP contribution in [-0.4, -0.2) is 7.11 Å². The highest BCUT2D eigenvalue weighted by Gasteiger charge is 1.98. The lowest BCUT2D eigenvalue weighted by Gasteiger charge is -2.06. The van der Waals surface area contributed by atoms with Gasteiger partial charge in [0.1, 0.15) is 5.76 Å². The number of hydrogen-bond donors (Lipinski definition) is 0. The van der Waals surface area contributed by atoms with E-state index in [0.717, 1.165) is 11.3 Å². The zero-order valence-electron chi connectivity index (χ0n) is 12.9. The lowest BCUT2D eigenvalue weighted by molar-refractivity contribution is 0.302. The van der Waals surface area contributed by atoms with Crippen molar-refractivity contribution in [2.24, 2.45) is 0 Å². The van der Waals surface area contributed by atoms with Gasteiger partial charge in [-0.05, 0) is 32.9 Å². The minimum atomic E-state index is 0.858. The molecule has 0 aromatic rings. The summed E-state index contributed by atoms with van der Waals surface area (Å²) in [6.07, 6.45) is 7.82. The van der Waals surface area contributed by atoms with Gasteiger partial charge in [0, 0.05) is 5.57 Å². The molecule has 17 heavy (non-hydrogen) atoms. The largest absolute Gasteiger partial charge is 0.496 e. The van der Waals surface area contributed by atoms with Gasteiger partial charge >= 0.3 is 0 Å². The van der Waals surface area contributed by atoms with Crippen LogP contribution in [0.5, 0.6) is 0 Å². The van der Waals surface area contributed by atoms with Gasteiger partial charge in [0.15, 0.2) is 0 Å². The van der Waals surface area contributed by atoms with Gasteiger partial charge in [-0.3, -0.25) is 0 Å². The van der Waals surface area contributed by atoms with Crippen LogP contribution in [0.25, 0.3) is 0 Å². The molecule has 0 N–H and O–H groups in total. The summed E-state index contributed by atoms with van der Waals surface area (Å²) in [5, 5.41) is 0. The van der Waals surface area contributed by atoms with E-state index < -0.39 is 0 Å². The molecule has 1 heteroatoms. The summed E-state index contributed by atoms with van der Waals surface area (Å²) < 4.78 is 5.19. The molecule has 0 atom stereocenters. The summed E-state index contributed by atoms with van der Waals surface area (Å²) in [5.41, 5.74) is 2.21. The van der Waals surface area contributed by atoms with Crippen molar-refractivity contribution in [1.82, 2.24) is 0 Å². The predicted molar refractivity (Wildman–Crippen MR) is 81.2 cm³/mol. The number of rotatable bonds is 4.